The van der Waals surface area contributed by atoms with Crippen LogP contribution in [-0.4, -0.2) is 86.9 Å². The minimum Gasteiger partial charge on any atom is -0.381 e. The van der Waals surface area contributed by atoms with E-state index in [2.05, 4.69) is 42.7 Å². The number of aromatic nitrogens is 3. The second-order valence-electron chi connectivity index (χ2n) is 11.2. The van der Waals surface area contributed by atoms with Crippen molar-refractivity contribution in [1.29, 1.82) is 0 Å². The van der Waals surface area contributed by atoms with E-state index in [9.17, 15) is 22.0 Å². The van der Waals surface area contributed by atoms with Crippen molar-refractivity contribution >= 4 is 44.0 Å². The molecule has 14 heteroatoms. The molecule has 2 aliphatic rings. The molecule has 0 radical (unpaired) electrons. The summed E-state index contributed by atoms with van der Waals surface area (Å²) in [4.78, 5) is 22.2. The summed E-state index contributed by atoms with van der Waals surface area (Å²) < 4.78 is 59.1. The molecule has 232 valence electrons. The molecule has 2 saturated heterocycles. The number of nitrogens with one attached hydrogen (secondary N) is 3. The van der Waals surface area contributed by atoms with Gasteiger partial charge < -0.3 is 25.2 Å². The van der Waals surface area contributed by atoms with Crippen molar-refractivity contribution < 1.29 is 26.7 Å². The average Bonchev–Trinajstić information content (AvgIpc) is 3.39. The number of hydrogen-bond donors (Lipinski definition) is 3. The molecule has 3 N–H and O–H groups in total. The Morgan fingerprint density at radius 2 is 1.77 bits per heavy atom. The minimum atomic E-state index is -4.03. The number of sulfone groups is 1. The average molecular weight is 626 g/mol. The monoisotopic (exact) mass is 625 g/mol. The number of pyridine rings is 1. The number of anilines is 3. The number of hydrogen-bond acceptors (Lipinski definition) is 9. The fourth-order valence-electron chi connectivity index (χ4n) is 5.49. The first-order valence-corrected chi connectivity index (χ1v) is 16.0. The van der Waals surface area contributed by atoms with Crippen molar-refractivity contribution in [2.24, 2.45) is 0 Å². The first-order valence-electron chi connectivity index (χ1n) is 14.4. The molecule has 0 atom stereocenters. The third kappa shape index (κ3) is 6.66. The van der Waals surface area contributed by atoms with Crippen LogP contribution in [0.4, 0.5) is 26.0 Å². The molecule has 4 heterocycles. The van der Waals surface area contributed by atoms with Crippen LogP contribution < -0.4 is 15.5 Å². The SMILES string of the molecule is CN1CCN(c2ccc(C(=O)Nc3n[nH]c4ncc(S(=O)(=O)Cc5cc(F)cc(F)c5)cc34)c(NC3CCOCC3)c2)CC1. The number of rotatable bonds is 8. The highest BCUT2D eigenvalue weighted by molar-refractivity contribution is 7.90. The van der Waals surface area contributed by atoms with Crippen molar-refractivity contribution in [3.8, 4) is 0 Å². The number of benzene rings is 2. The summed E-state index contributed by atoms with van der Waals surface area (Å²) in [5, 5.41) is 13.5. The minimum absolute atomic E-state index is 0.0344. The van der Waals surface area contributed by atoms with Gasteiger partial charge in [-0.1, -0.05) is 0 Å². The van der Waals surface area contributed by atoms with Gasteiger partial charge in [-0.3, -0.25) is 9.89 Å². The molecule has 2 fully saturated rings. The van der Waals surface area contributed by atoms with Crippen molar-refractivity contribution in [2.75, 3.05) is 62.0 Å². The van der Waals surface area contributed by atoms with Gasteiger partial charge in [-0.15, -0.1) is 0 Å². The van der Waals surface area contributed by atoms with Gasteiger partial charge in [0.1, 0.15) is 11.6 Å². The highest BCUT2D eigenvalue weighted by Gasteiger charge is 2.23. The van der Waals surface area contributed by atoms with E-state index in [4.69, 9.17) is 4.74 Å². The first kappa shape index (κ1) is 29.9. The number of fused-ring (bicyclic) bond motifs is 1. The third-order valence-corrected chi connectivity index (χ3v) is 9.61. The number of H-pyrrole nitrogens is 1. The predicted molar refractivity (Wildman–Crippen MR) is 163 cm³/mol. The van der Waals surface area contributed by atoms with Crippen LogP contribution in [0.2, 0.25) is 0 Å². The Labute approximate surface area is 253 Å². The van der Waals surface area contributed by atoms with E-state index < -0.39 is 33.1 Å². The van der Waals surface area contributed by atoms with E-state index in [-0.39, 0.29) is 33.4 Å². The van der Waals surface area contributed by atoms with Crippen molar-refractivity contribution in [3.63, 3.8) is 0 Å². The molecule has 0 bridgehead atoms. The number of likely N-dealkylation sites (N-methyl/N-ethyl adjacent to an activating group) is 1. The van der Waals surface area contributed by atoms with Gasteiger partial charge in [0.05, 0.1) is 21.6 Å². The van der Waals surface area contributed by atoms with Crippen molar-refractivity contribution in [1.82, 2.24) is 20.1 Å². The molecule has 2 aromatic carbocycles. The van der Waals surface area contributed by atoms with Gasteiger partial charge in [-0.2, -0.15) is 5.10 Å². The number of piperazine rings is 1. The Balaban J connectivity index is 1.27. The van der Waals surface area contributed by atoms with Crippen LogP contribution in [0.1, 0.15) is 28.8 Å². The number of carbonyl (C=O) groups excluding carboxylic acids is 1. The molecule has 2 aromatic heterocycles. The molecule has 44 heavy (non-hydrogen) atoms. The van der Waals surface area contributed by atoms with E-state index in [0.717, 1.165) is 63.0 Å². The zero-order chi connectivity index (χ0) is 30.8. The smallest absolute Gasteiger partial charge is 0.258 e. The highest BCUT2D eigenvalue weighted by atomic mass is 32.2. The maximum atomic E-state index is 13.7. The van der Waals surface area contributed by atoms with Gasteiger partial charge in [0.25, 0.3) is 5.91 Å². The molecule has 4 aromatic rings. The molecule has 2 aliphatic heterocycles. The topological polar surface area (TPSA) is 133 Å². The third-order valence-electron chi connectivity index (χ3n) is 7.96. The number of nitrogens with zero attached hydrogens (tertiary/aromatic N) is 4. The Morgan fingerprint density at radius 1 is 1.05 bits per heavy atom. The zero-order valence-corrected chi connectivity index (χ0v) is 25.0. The number of amides is 1. The van der Waals surface area contributed by atoms with Crippen LogP contribution in [0, 0.1) is 11.6 Å². The summed E-state index contributed by atoms with van der Waals surface area (Å²) in [6, 6.07) is 9.81. The molecule has 11 nitrogen and oxygen atoms in total. The van der Waals surface area contributed by atoms with Gasteiger partial charge in [0, 0.05) is 69.1 Å². The van der Waals surface area contributed by atoms with Crippen molar-refractivity contribution in [3.05, 3.63) is 71.4 Å². The Bertz CT molecular complexity index is 1770. The summed E-state index contributed by atoms with van der Waals surface area (Å²) in [7, 11) is -1.94. The maximum absolute atomic E-state index is 13.7. The number of ether oxygens (including phenoxy) is 1. The zero-order valence-electron chi connectivity index (χ0n) is 24.1. The lowest BCUT2D eigenvalue weighted by Crippen LogP contribution is -2.44. The number of carbonyl (C=O) groups is 1. The van der Waals surface area contributed by atoms with Crippen LogP contribution in [0.15, 0.2) is 53.6 Å². The second kappa shape index (κ2) is 12.5. The lowest BCUT2D eigenvalue weighted by molar-refractivity contribution is 0.0904. The van der Waals surface area contributed by atoms with E-state index in [1.165, 1.54) is 6.07 Å². The highest BCUT2D eigenvalue weighted by Crippen LogP contribution is 2.29. The molecule has 0 aliphatic carbocycles. The lowest BCUT2D eigenvalue weighted by atomic mass is 10.1. The Morgan fingerprint density at radius 3 is 2.50 bits per heavy atom. The summed E-state index contributed by atoms with van der Waals surface area (Å²) in [6.45, 7) is 4.94. The molecule has 6 rings (SSSR count). The molecule has 0 unspecified atom stereocenters. The summed E-state index contributed by atoms with van der Waals surface area (Å²) in [6.07, 6.45) is 2.77. The largest absolute Gasteiger partial charge is 0.381 e. The maximum Gasteiger partial charge on any atom is 0.258 e. The van der Waals surface area contributed by atoms with Crippen molar-refractivity contribution in [2.45, 2.75) is 29.5 Å². The predicted octanol–water partition coefficient (Wildman–Crippen LogP) is 3.81. The number of halogens is 2. The first-order chi connectivity index (χ1) is 21.1. The van der Waals surface area contributed by atoms with Gasteiger partial charge in [-0.25, -0.2) is 22.2 Å². The Hall–Kier alpha value is -4.14. The fraction of sp³-hybridized carbons (Fsp3) is 0.367. The molecule has 0 saturated carbocycles. The van der Waals surface area contributed by atoms with Crippen LogP contribution in [0.3, 0.4) is 0 Å². The molecular formula is C30H33F2N7O4S. The quantitative estimate of drug-likeness (QED) is 0.268. The summed E-state index contributed by atoms with van der Waals surface area (Å²) in [5.41, 5.74) is 2.35. The van der Waals surface area contributed by atoms with Crippen LogP contribution in [0.25, 0.3) is 11.0 Å². The standard InChI is InChI=1S/C30H33F2N7O4S/c1-38-6-8-39(9-7-38)23-2-3-25(27(15-23)34-22-4-10-43-11-5-22)30(40)35-29-26-16-24(17-33-28(26)36-37-29)44(41,42)18-19-12-20(31)14-21(32)13-19/h2-3,12-17,22,34H,4-11,18H2,1H3,(H2,33,35,36,37,40). The molecule has 1 amide bonds. The van der Waals surface area contributed by atoms with Crippen LogP contribution in [0.5, 0.6) is 0 Å². The lowest BCUT2D eigenvalue weighted by Gasteiger charge is -2.34. The van der Waals surface area contributed by atoms with Crippen LogP contribution in [-0.2, 0) is 20.3 Å². The normalized spacial score (nSPS) is 16.8. The molecule has 0 spiro atoms. The van der Waals surface area contributed by atoms with E-state index in [1.54, 1.807) is 6.07 Å². The van der Waals surface area contributed by atoms with E-state index in [0.29, 0.717) is 30.5 Å². The van der Waals surface area contributed by atoms with Gasteiger partial charge in [0.2, 0.25) is 0 Å². The van der Waals surface area contributed by atoms with Gasteiger partial charge >= 0.3 is 0 Å². The molecular weight excluding hydrogens is 592 g/mol. The fourth-order valence-corrected chi connectivity index (χ4v) is 6.78. The van der Waals surface area contributed by atoms with Gasteiger partial charge in [0.15, 0.2) is 21.3 Å². The summed E-state index contributed by atoms with van der Waals surface area (Å²) in [5.74, 6) is -2.69. The summed E-state index contributed by atoms with van der Waals surface area (Å²) >= 11 is 0. The van der Waals surface area contributed by atoms with E-state index >= 15 is 0 Å². The Kier molecular flexibility index (Phi) is 8.47. The van der Waals surface area contributed by atoms with Gasteiger partial charge in [-0.05, 0) is 61.9 Å². The number of aromatic amines is 1. The second-order valence-corrected chi connectivity index (χ2v) is 13.2. The van der Waals surface area contributed by atoms with E-state index in [1.807, 2.05) is 12.1 Å². The van der Waals surface area contributed by atoms with Crippen LogP contribution >= 0.6 is 0 Å².